The van der Waals surface area contributed by atoms with Gasteiger partial charge < -0.3 is 10.1 Å². The van der Waals surface area contributed by atoms with Crippen LogP contribution in [0.25, 0.3) is 0 Å². The van der Waals surface area contributed by atoms with E-state index in [1.165, 1.54) is 18.3 Å². The molecule has 0 atom stereocenters. The monoisotopic (exact) mass is 439 g/mol. The Balaban J connectivity index is 2.03. The van der Waals surface area contributed by atoms with Crippen molar-refractivity contribution in [1.82, 2.24) is 10.7 Å². The lowest BCUT2D eigenvalue weighted by molar-refractivity contribution is -0.139. The summed E-state index contributed by atoms with van der Waals surface area (Å²) in [5, 5.41) is 6.90. The Labute approximate surface area is 178 Å². The van der Waals surface area contributed by atoms with E-state index in [2.05, 4.69) is 15.8 Å². The quantitative estimate of drug-likeness (QED) is 0.281. The zero-order valence-electron chi connectivity index (χ0n) is 15.7. The lowest BCUT2D eigenvalue weighted by Crippen LogP contribution is -2.38. The van der Waals surface area contributed by atoms with Gasteiger partial charge in [-0.1, -0.05) is 42.6 Å². The van der Waals surface area contributed by atoms with Gasteiger partial charge in [-0.05, 0) is 36.8 Å². The summed E-state index contributed by atoms with van der Waals surface area (Å²) in [6, 6.07) is 9.08. The fourth-order valence-electron chi connectivity index (χ4n) is 2.24. The summed E-state index contributed by atoms with van der Waals surface area (Å²) < 4.78 is 19.5. The highest BCUT2D eigenvalue weighted by Gasteiger charge is 2.12. The van der Waals surface area contributed by atoms with Gasteiger partial charge in [-0.3, -0.25) is 9.59 Å². The summed E-state index contributed by atoms with van der Waals surface area (Å²) in [5.74, 6) is -1.80. The third kappa shape index (κ3) is 7.03. The summed E-state index contributed by atoms with van der Waals surface area (Å²) in [7, 11) is 0. The average molecular weight is 440 g/mol. The zero-order valence-corrected chi connectivity index (χ0v) is 17.2. The third-order valence-corrected chi connectivity index (χ3v) is 4.39. The predicted molar refractivity (Wildman–Crippen MR) is 111 cm³/mol. The highest BCUT2D eigenvalue weighted by atomic mass is 35.5. The number of carbonyl (C=O) groups is 2. The van der Waals surface area contributed by atoms with Crippen molar-refractivity contribution in [2.45, 2.75) is 26.4 Å². The molecule has 9 heteroatoms. The molecule has 0 aliphatic rings. The van der Waals surface area contributed by atoms with Crippen LogP contribution >= 0.6 is 23.2 Å². The molecule has 154 valence electrons. The molecule has 0 saturated carbocycles. The van der Waals surface area contributed by atoms with Crippen molar-refractivity contribution in [2.75, 3.05) is 6.54 Å². The van der Waals surface area contributed by atoms with Crippen LogP contribution in [0.15, 0.2) is 41.5 Å². The number of nitrogens with one attached hydrogen (secondary N) is 2. The minimum Gasteiger partial charge on any atom is -0.488 e. The maximum atomic E-state index is 13.9. The molecule has 0 heterocycles. The maximum absolute atomic E-state index is 13.9. The van der Waals surface area contributed by atoms with Gasteiger partial charge in [0.05, 0.1) is 11.2 Å². The molecule has 0 aromatic heterocycles. The van der Waals surface area contributed by atoms with E-state index in [0.717, 1.165) is 12.8 Å². The molecule has 0 radical (unpaired) electrons. The van der Waals surface area contributed by atoms with E-state index in [1.54, 1.807) is 24.3 Å². The number of nitrogens with zero attached hydrogens (tertiary/aromatic N) is 1. The maximum Gasteiger partial charge on any atom is 0.329 e. The molecule has 29 heavy (non-hydrogen) atoms. The fraction of sp³-hybridized carbons (Fsp3) is 0.250. The van der Waals surface area contributed by atoms with Gasteiger partial charge in [-0.15, -0.1) is 0 Å². The zero-order chi connectivity index (χ0) is 21.2. The number of hydrogen-bond acceptors (Lipinski definition) is 4. The van der Waals surface area contributed by atoms with Gasteiger partial charge in [0.1, 0.15) is 18.2 Å². The van der Waals surface area contributed by atoms with Crippen molar-refractivity contribution in [2.24, 2.45) is 5.10 Å². The van der Waals surface area contributed by atoms with Crippen molar-refractivity contribution in [3.8, 4) is 5.75 Å². The van der Waals surface area contributed by atoms with E-state index in [0.29, 0.717) is 22.9 Å². The van der Waals surface area contributed by atoms with Crippen LogP contribution in [0, 0.1) is 5.82 Å². The number of hydrazone groups is 1. The number of ether oxygens (including phenoxy) is 1. The Morgan fingerprint density at radius 1 is 1.21 bits per heavy atom. The first-order chi connectivity index (χ1) is 13.9. The number of hydrogen-bond donors (Lipinski definition) is 2. The Morgan fingerprint density at radius 3 is 2.72 bits per heavy atom. The molecule has 0 fully saturated rings. The van der Waals surface area contributed by atoms with Crippen molar-refractivity contribution in [3.05, 3.63) is 63.4 Å². The topological polar surface area (TPSA) is 79.8 Å². The van der Waals surface area contributed by atoms with Gasteiger partial charge in [0.25, 0.3) is 0 Å². The normalized spacial score (nSPS) is 10.8. The van der Waals surface area contributed by atoms with Crippen LogP contribution < -0.4 is 15.5 Å². The summed E-state index contributed by atoms with van der Waals surface area (Å²) in [6.07, 6.45) is 2.95. The summed E-state index contributed by atoms with van der Waals surface area (Å²) in [5.41, 5.74) is 2.77. The van der Waals surface area contributed by atoms with Crippen molar-refractivity contribution >= 4 is 41.2 Å². The fourth-order valence-corrected chi connectivity index (χ4v) is 2.64. The number of rotatable bonds is 8. The van der Waals surface area contributed by atoms with Crippen LogP contribution in [-0.4, -0.2) is 24.6 Å². The second-order valence-electron chi connectivity index (χ2n) is 5.98. The number of halogens is 3. The summed E-state index contributed by atoms with van der Waals surface area (Å²) in [4.78, 5) is 23.3. The first-order valence-corrected chi connectivity index (χ1v) is 9.64. The number of amides is 2. The molecular formula is C20H20Cl2FN3O3. The molecule has 2 aromatic rings. The minimum absolute atomic E-state index is 0.111. The summed E-state index contributed by atoms with van der Waals surface area (Å²) in [6.45, 7) is 2.28. The number of unbranched alkanes of at least 4 members (excludes halogenated alkanes) is 1. The first kappa shape index (κ1) is 22.6. The van der Waals surface area contributed by atoms with E-state index in [9.17, 15) is 14.0 Å². The Morgan fingerprint density at radius 2 is 2.00 bits per heavy atom. The van der Waals surface area contributed by atoms with E-state index >= 15 is 0 Å². The Bertz CT molecular complexity index is 886. The molecule has 0 unspecified atom stereocenters. The van der Waals surface area contributed by atoms with Crippen molar-refractivity contribution < 1.29 is 18.7 Å². The van der Waals surface area contributed by atoms with Crippen molar-refractivity contribution in [3.63, 3.8) is 0 Å². The lowest BCUT2D eigenvalue weighted by atomic mass is 10.2. The molecule has 0 aliphatic heterocycles. The SMILES string of the molecule is CCCCNC(=O)C(=O)N/N=C\c1cc(Cl)ccc1OCc1c(F)cccc1Cl. The van der Waals surface area contributed by atoms with Crippen LogP contribution in [0.1, 0.15) is 30.9 Å². The van der Waals surface area contributed by atoms with E-state index in [4.69, 9.17) is 27.9 Å². The van der Waals surface area contributed by atoms with Gasteiger partial charge in [-0.25, -0.2) is 9.82 Å². The van der Waals surface area contributed by atoms with E-state index < -0.39 is 17.6 Å². The highest BCUT2D eigenvalue weighted by Crippen LogP contribution is 2.25. The molecule has 6 nitrogen and oxygen atoms in total. The van der Waals surface area contributed by atoms with Crippen LogP contribution in [-0.2, 0) is 16.2 Å². The molecule has 2 rings (SSSR count). The molecule has 0 bridgehead atoms. The highest BCUT2D eigenvalue weighted by molar-refractivity contribution is 6.35. The van der Waals surface area contributed by atoms with Gasteiger partial charge in [-0.2, -0.15) is 5.10 Å². The largest absolute Gasteiger partial charge is 0.488 e. The van der Waals surface area contributed by atoms with Gasteiger partial charge in [0, 0.05) is 22.7 Å². The van der Waals surface area contributed by atoms with E-state index in [1.807, 2.05) is 6.92 Å². The minimum atomic E-state index is -0.889. The Kier molecular flexibility index (Phi) is 8.89. The standard InChI is InChI=1S/C20H20Cl2FN3O3/c1-2-3-9-24-19(27)20(28)26-25-11-13-10-14(21)7-8-18(13)29-12-15-16(22)5-4-6-17(15)23/h4-8,10-11H,2-3,9,12H2,1H3,(H,24,27)(H,26,28)/b25-11-. The van der Waals surface area contributed by atoms with Crippen LogP contribution in [0.4, 0.5) is 4.39 Å². The second kappa shape index (κ2) is 11.4. The molecule has 2 N–H and O–H groups in total. The molecule has 2 amide bonds. The molecule has 0 saturated heterocycles. The number of carbonyl (C=O) groups excluding carboxylic acids is 2. The molecule has 2 aromatic carbocycles. The predicted octanol–water partition coefficient (Wildman–Crippen LogP) is 4.08. The lowest BCUT2D eigenvalue weighted by Gasteiger charge is -2.11. The second-order valence-corrected chi connectivity index (χ2v) is 6.82. The Hall–Kier alpha value is -2.64. The van der Waals surface area contributed by atoms with Gasteiger partial charge in [0.15, 0.2) is 0 Å². The molecule has 0 spiro atoms. The van der Waals surface area contributed by atoms with Crippen LogP contribution in [0.2, 0.25) is 10.0 Å². The van der Waals surface area contributed by atoms with Crippen LogP contribution in [0.5, 0.6) is 5.75 Å². The van der Waals surface area contributed by atoms with E-state index in [-0.39, 0.29) is 17.2 Å². The van der Waals surface area contributed by atoms with Gasteiger partial charge in [0.2, 0.25) is 0 Å². The smallest absolute Gasteiger partial charge is 0.329 e. The molecular weight excluding hydrogens is 420 g/mol. The third-order valence-electron chi connectivity index (χ3n) is 3.80. The summed E-state index contributed by atoms with van der Waals surface area (Å²) >= 11 is 12.0. The molecule has 0 aliphatic carbocycles. The first-order valence-electron chi connectivity index (χ1n) is 8.88. The van der Waals surface area contributed by atoms with Crippen molar-refractivity contribution in [1.29, 1.82) is 0 Å². The average Bonchev–Trinajstić information content (AvgIpc) is 2.69. The van der Waals surface area contributed by atoms with Crippen LogP contribution in [0.3, 0.4) is 0 Å². The van der Waals surface area contributed by atoms with Gasteiger partial charge >= 0.3 is 11.8 Å². The number of benzene rings is 2.